The van der Waals surface area contributed by atoms with Crippen molar-refractivity contribution >= 4 is 23.3 Å². The Labute approximate surface area is 110 Å². The second-order valence-corrected chi connectivity index (χ2v) is 4.33. The number of nitrogens with zero attached hydrogens (tertiary/aromatic N) is 2. The molecule has 18 heavy (non-hydrogen) atoms. The summed E-state index contributed by atoms with van der Waals surface area (Å²) in [5.41, 5.74) is 1.94. The lowest BCUT2D eigenvalue weighted by Crippen LogP contribution is -2.14. The SMILES string of the molecule is Cc1cc(Cl)c(C(=O)Nc2cccc(C)n2)cn1. The molecule has 0 fully saturated rings. The summed E-state index contributed by atoms with van der Waals surface area (Å²) in [5, 5.41) is 3.07. The van der Waals surface area contributed by atoms with Gasteiger partial charge in [0.15, 0.2) is 0 Å². The van der Waals surface area contributed by atoms with Crippen LogP contribution in [0.5, 0.6) is 0 Å². The molecule has 1 amide bonds. The van der Waals surface area contributed by atoms with Crippen LogP contribution in [0.1, 0.15) is 21.7 Å². The van der Waals surface area contributed by atoms with Crippen LogP contribution in [-0.4, -0.2) is 15.9 Å². The maximum absolute atomic E-state index is 12.0. The molecule has 2 heterocycles. The minimum atomic E-state index is -0.314. The Morgan fingerprint density at radius 2 is 2.06 bits per heavy atom. The average Bonchev–Trinajstić information content (AvgIpc) is 2.28. The number of amides is 1. The molecule has 2 rings (SSSR count). The summed E-state index contributed by atoms with van der Waals surface area (Å²) in [6.07, 6.45) is 1.46. The third kappa shape index (κ3) is 2.84. The fourth-order valence-corrected chi connectivity index (χ4v) is 1.78. The van der Waals surface area contributed by atoms with Crippen molar-refractivity contribution in [2.45, 2.75) is 13.8 Å². The highest BCUT2D eigenvalue weighted by atomic mass is 35.5. The number of nitrogens with one attached hydrogen (secondary N) is 1. The van der Waals surface area contributed by atoms with Gasteiger partial charge in [0.1, 0.15) is 5.82 Å². The van der Waals surface area contributed by atoms with Gasteiger partial charge in [-0.2, -0.15) is 0 Å². The number of aryl methyl sites for hydroxylation is 2. The van der Waals surface area contributed by atoms with Crippen LogP contribution in [-0.2, 0) is 0 Å². The van der Waals surface area contributed by atoms with Crippen LogP contribution in [0.2, 0.25) is 5.02 Å². The number of anilines is 1. The van der Waals surface area contributed by atoms with E-state index in [1.54, 1.807) is 12.1 Å². The molecule has 0 saturated heterocycles. The molecule has 0 aromatic carbocycles. The van der Waals surface area contributed by atoms with Gasteiger partial charge >= 0.3 is 0 Å². The fraction of sp³-hybridized carbons (Fsp3) is 0.154. The summed E-state index contributed by atoms with van der Waals surface area (Å²) in [4.78, 5) is 20.2. The number of hydrogen-bond acceptors (Lipinski definition) is 3. The van der Waals surface area contributed by atoms with Crippen LogP contribution in [0, 0.1) is 13.8 Å². The van der Waals surface area contributed by atoms with Gasteiger partial charge in [0.2, 0.25) is 0 Å². The summed E-state index contributed by atoms with van der Waals surface area (Å²) >= 11 is 6.00. The number of carbonyl (C=O) groups excluding carboxylic acids is 1. The van der Waals surface area contributed by atoms with Crippen LogP contribution >= 0.6 is 11.6 Å². The van der Waals surface area contributed by atoms with Gasteiger partial charge in [-0.25, -0.2) is 4.98 Å². The molecule has 92 valence electrons. The molecular weight excluding hydrogens is 250 g/mol. The van der Waals surface area contributed by atoms with Gasteiger partial charge < -0.3 is 5.32 Å². The van der Waals surface area contributed by atoms with Crippen molar-refractivity contribution in [2.24, 2.45) is 0 Å². The normalized spacial score (nSPS) is 10.2. The van der Waals surface area contributed by atoms with E-state index in [1.165, 1.54) is 6.20 Å². The van der Waals surface area contributed by atoms with Crippen molar-refractivity contribution < 1.29 is 4.79 Å². The van der Waals surface area contributed by atoms with Crippen LogP contribution in [0.25, 0.3) is 0 Å². The van der Waals surface area contributed by atoms with E-state index in [1.807, 2.05) is 26.0 Å². The lowest BCUT2D eigenvalue weighted by molar-refractivity contribution is 0.102. The van der Waals surface area contributed by atoms with Gasteiger partial charge in [-0.3, -0.25) is 9.78 Å². The Bertz CT molecular complexity index is 599. The Balaban J connectivity index is 2.22. The first-order valence-electron chi connectivity index (χ1n) is 5.43. The first-order chi connectivity index (χ1) is 8.56. The Hall–Kier alpha value is -1.94. The molecule has 0 aliphatic heterocycles. The minimum absolute atomic E-state index is 0.314. The maximum atomic E-state index is 12.0. The molecule has 0 unspecified atom stereocenters. The predicted molar refractivity (Wildman–Crippen MR) is 70.9 cm³/mol. The molecule has 0 spiro atoms. The van der Waals surface area contributed by atoms with E-state index in [0.29, 0.717) is 16.4 Å². The highest BCUT2D eigenvalue weighted by Gasteiger charge is 2.11. The van der Waals surface area contributed by atoms with Crippen LogP contribution in [0.3, 0.4) is 0 Å². The number of halogens is 1. The molecule has 0 radical (unpaired) electrons. The molecule has 0 atom stereocenters. The molecule has 0 aliphatic carbocycles. The second kappa shape index (κ2) is 5.14. The van der Waals surface area contributed by atoms with Crippen molar-refractivity contribution in [2.75, 3.05) is 5.32 Å². The van der Waals surface area contributed by atoms with Crippen LogP contribution in [0.15, 0.2) is 30.5 Å². The van der Waals surface area contributed by atoms with E-state index in [9.17, 15) is 4.79 Å². The average molecular weight is 262 g/mol. The number of pyridine rings is 2. The highest BCUT2D eigenvalue weighted by molar-refractivity contribution is 6.34. The Morgan fingerprint density at radius 1 is 1.28 bits per heavy atom. The summed E-state index contributed by atoms with van der Waals surface area (Å²) < 4.78 is 0. The quantitative estimate of drug-likeness (QED) is 0.904. The van der Waals surface area contributed by atoms with Gasteiger partial charge in [-0.15, -0.1) is 0 Å². The molecule has 4 nitrogen and oxygen atoms in total. The molecule has 2 aromatic rings. The number of carbonyl (C=O) groups is 1. The van der Waals surface area contributed by atoms with Crippen molar-refractivity contribution in [3.05, 3.63) is 52.4 Å². The van der Waals surface area contributed by atoms with Gasteiger partial charge in [-0.1, -0.05) is 17.7 Å². The third-order valence-corrected chi connectivity index (χ3v) is 2.68. The van der Waals surface area contributed by atoms with Gasteiger partial charge in [0, 0.05) is 17.6 Å². The zero-order valence-electron chi connectivity index (χ0n) is 10.1. The molecule has 2 aromatic heterocycles. The van der Waals surface area contributed by atoms with E-state index in [-0.39, 0.29) is 5.91 Å². The lowest BCUT2D eigenvalue weighted by Gasteiger charge is -2.06. The molecule has 0 bridgehead atoms. The van der Waals surface area contributed by atoms with E-state index in [0.717, 1.165) is 11.4 Å². The molecule has 5 heteroatoms. The van der Waals surface area contributed by atoms with Crippen molar-refractivity contribution in [3.8, 4) is 0 Å². The summed E-state index contributed by atoms with van der Waals surface area (Å²) in [6, 6.07) is 7.06. The molecular formula is C13H12ClN3O. The number of aromatic nitrogens is 2. The summed E-state index contributed by atoms with van der Waals surface area (Å²) in [5.74, 6) is 0.183. The Morgan fingerprint density at radius 3 is 2.72 bits per heavy atom. The zero-order valence-corrected chi connectivity index (χ0v) is 10.8. The summed E-state index contributed by atoms with van der Waals surface area (Å²) in [6.45, 7) is 3.67. The second-order valence-electron chi connectivity index (χ2n) is 3.92. The van der Waals surface area contributed by atoms with Crippen LogP contribution in [0.4, 0.5) is 5.82 Å². The fourth-order valence-electron chi connectivity index (χ4n) is 1.49. The van der Waals surface area contributed by atoms with Gasteiger partial charge in [0.25, 0.3) is 5.91 Å². The topological polar surface area (TPSA) is 54.9 Å². The molecule has 0 saturated carbocycles. The minimum Gasteiger partial charge on any atom is -0.306 e. The smallest absolute Gasteiger partial charge is 0.259 e. The van der Waals surface area contributed by atoms with Crippen LogP contribution < -0.4 is 5.32 Å². The van der Waals surface area contributed by atoms with Gasteiger partial charge in [0.05, 0.1) is 10.6 Å². The van der Waals surface area contributed by atoms with Crippen molar-refractivity contribution in [1.82, 2.24) is 9.97 Å². The standard InChI is InChI=1S/C13H12ClN3O/c1-8-4-3-5-12(16-8)17-13(18)10-7-15-9(2)6-11(10)14/h3-7H,1-2H3,(H,16,17,18). The Kier molecular flexibility index (Phi) is 3.58. The largest absolute Gasteiger partial charge is 0.306 e. The van der Waals surface area contributed by atoms with E-state index < -0.39 is 0 Å². The highest BCUT2D eigenvalue weighted by Crippen LogP contribution is 2.17. The number of rotatable bonds is 2. The summed E-state index contributed by atoms with van der Waals surface area (Å²) in [7, 11) is 0. The predicted octanol–water partition coefficient (Wildman–Crippen LogP) is 3.00. The monoisotopic (exact) mass is 261 g/mol. The molecule has 0 aliphatic rings. The first-order valence-corrected chi connectivity index (χ1v) is 5.81. The van der Waals surface area contributed by atoms with Crippen molar-refractivity contribution in [3.63, 3.8) is 0 Å². The third-order valence-electron chi connectivity index (χ3n) is 2.36. The van der Waals surface area contributed by atoms with E-state index in [4.69, 9.17) is 11.6 Å². The lowest BCUT2D eigenvalue weighted by atomic mass is 10.2. The van der Waals surface area contributed by atoms with Gasteiger partial charge in [-0.05, 0) is 32.0 Å². The zero-order chi connectivity index (χ0) is 13.1. The molecule has 1 N–H and O–H groups in total. The number of hydrogen-bond donors (Lipinski definition) is 1. The maximum Gasteiger partial charge on any atom is 0.259 e. The first kappa shape index (κ1) is 12.5. The van der Waals surface area contributed by atoms with E-state index >= 15 is 0 Å². The van der Waals surface area contributed by atoms with Crippen molar-refractivity contribution in [1.29, 1.82) is 0 Å². The van der Waals surface area contributed by atoms with E-state index in [2.05, 4.69) is 15.3 Å².